The Morgan fingerprint density at radius 1 is 1.33 bits per heavy atom. The third-order valence-electron chi connectivity index (χ3n) is 3.88. The van der Waals surface area contributed by atoms with Crippen molar-refractivity contribution in [3.63, 3.8) is 0 Å². The number of nitrogens with one attached hydrogen (secondary N) is 1. The summed E-state index contributed by atoms with van der Waals surface area (Å²) in [4.78, 5) is 27.3. The predicted molar refractivity (Wildman–Crippen MR) is 85.3 cm³/mol. The van der Waals surface area contributed by atoms with E-state index in [9.17, 15) is 9.59 Å². The van der Waals surface area contributed by atoms with Crippen molar-refractivity contribution in [1.29, 1.82) is 0 Å². The van der Waals surface area contributed by atoms with Crippen molar-refractivity contribution in [3.05, 3.63) is 54.1 Å². The Hall–Kier alpha value is -2.83. The van der Waals surface area contributed by atoms with Gasteiger partial charge in [-0.15, -0.1) is 0 Å². The van der Waals surface area contributed by atoms with Gasteiger partial charge in [0.2, 0.25) is 0 Å². The van der Waals surface area contributed by atoms with E-state index in [1.807, 2.05) is 34.9 Å². The molecule has 7 nitrogen and oxygen atoms in total. The molecule has 2 N–H and O–H groups in total. The standard InChI is InChI=1S/C17H19N3O4/c21-16(22)8-14(15-9-18-11-20(15)13-6-7-13)19-17(23)24-10-12-4-2-1-3-5-12/h1-5,9,11,13-14H,6-8,10H2,(H,19,23)(H,21,22)/t14-/m0/s1. The van der Waals surface area contributed by atoms with E-state index >= 15 is 0 Å². The third-order valence-corrected chi connectivity index (χ3v) is 3.88. The molecule has 1 saturated carbocycles. The van der Waals surface area contributed by atoms with Crippen LogP contribution in [0.5, 0.6) is 0 Å². The molecule has 7 heteroatoms. The average Bonchev–Trinajstić information content (AvgIpc) is 3.30. The number of carbonyl (C=O) groups is 2. The summed E-state index contributed by atoms with van der Waals surface area (Å²) >= 11 is 0. The molecule has 0 radical (unpaired) electrons. The lowest BCUT2D eigenvalue weighted by Gasteiger charge is -2.18. The quantitative estimate of drug-likeness (QED) is 0.814. The van der Waals surface area contributed by atoms with Gasteiger partial charge in [0.05, 0.1) is 30.7 Å². The summed E-state index contributed by atoms with van der Waals surface area (Å²) in [5.41, 5.74) is 1.56. The summed E-state index contributed by atoms with van der Waals surface area (Å²) in [7, 11) is 0. The largest absolute Gasteiger partial charge is 0.481 e. The predicted octanol–water partition coefficient (Wildman–Crippen LogP) is 2.66. The molecule has 2 aromatic rings. The van der Waals surface area contributed by atoms with Crippen LogP contribution >= 0.6 is 0 Å². The van der Waals surface area contributed by atoms with Gasteiger partial charge in [-0.3, -0.25) is 4.79 Å². The molecular weight excluding hydrogens is 310 g/mol. The van der Waals surface area contributed by atoms with Crippen LogP contribution in [0, 0.1) is 0 Å². The van der Waals surface area contributed by atoms with Crippen LogP contribution in [0.1, 0.15) is 42.6 Å². The molecule has 24 heavy (non-hydrogen) atoms. The number of carboxylic acids is 1. The Bertz CT molecular complexity index is 710. The number of rotatable bonds is 7. The number of carbonyl (C=O) groups excluding carboxylic acids is 1. The van der Waals surface area contributed by atoms with E-state index in [0.29, 0.717) is 11.7 Å². The third kappa shape index (κ3) is 4.13. The molecule has 1 aromatic carbocycles. The Morgan fingerprint density at radius 2 is 2.08 bits per heavy atom. The van der Waals surface area contributed by atoms with Crippen LogP contribution in [-0.2, 0) is 16.1 Å². The fraction of sp³-hybridized carbons (Fsp3) is 0.353. The number of aliphatic carboxylic acids is 1. The Balaban J connectivity index is 1.64. The Kier molecular flexibility index (Phi) is 4.79. The highest BCUT2D eigenvalue weighted by molar-refractivity contribution is 5.71. The van der Waals surface area contributed by atoms with Gasteiger partial charge in [-0.25, -0.2) is 9.78 Å². The molecule has 1 aliphatic rings. The molecule has 0 unspecified atom stereocenters. The van der Waals surface area contributed by atoms with Gasteiger partial charge in [0.1, 0.15) is 6.61 Å². The van der Waals surface area contributed by atoms with E-state index in [4.69, 9.17) is 9.84 Å². The van der Waals surface area contributed by atoms with Crippen LogP contribution < -0.4 is 5.32 Å². The van der Waals surface area contributed by atoms with Crippen LogP contribution in [0.15, 0.2) is 42.9 Å². The van der Waals surface area contributed by atoms with Gasteiger partial charge in [-0.2, -0.15) is 0 Å². The fourth-order valence-electron chi connectivity index (χ4n) is 2.55. The number of benzene rings is 1. The second-order valence-corrected chi connectivity index (χ2v) is 5.81. The van der Waals surface area contributed by atoms with E-state index in [1.54, 1.807) is 12.5 Å². The van der Waals surface area contributed by atoms with E-state index < -0.39 is 18.1 Å². The van der Waals surface area contributed by atoms with Crippen molar-refractivity contribution >= 4 is 12.1 Å². The maximum atomic E-state index is 12.0. The van der Waals surface area contributed by atoms with E-state index in [-0.39, 0.29) is 13.0 Å². The van der Waals surface area contributed by atoms with E-state index in [2.05, 4.69) is 10.3 Å². The number of ether oxygens (including phenoxy) is 1. The smallest absolute Gasteiger partial charge is 0.408 e. The molecule has 1 heterocycles. The van der Waals surface area contributed by atoms with Crippen molar-refractivity contribution in [2.75, 3.05) is 0 Å². The summed E-state index contributed by atoms with van der Waals surface area (Å²) in [5.74, 6) is -0.994. The second-order valence-electron chi connectivity index (χ2n) is 5.81. The first-order valence-electron chi connectivity index (χ1n) is 7.84. The van der Waals surface area contributed by atoms with Crippen LogP contribution in [-0.4, -0.2) is 26.7 Å². The Morgan fingerprint density at radius 3 is 2.75 bits per heavy atom. The second kappa shape index (κ2) is 7.16. The SMILES string of the molecule is O=C(O)C[C@H](NC(=O)OCc1ccccc1)c1cncn1C1CC1. The molecule has 0 saturated heterocycles. The molecule has 0 spiro atoms. The lowest BCUT2D eigenvalue weighted by molar-refractivity contribution is -0.137. The fourth-order valence-corrected chi connectivity index (χ4v) is 2.55. The topological polar surface area (TPSA) is 93.5 Å². The summed E-state index contributed by atoms with van der Waals surface area (Å²) in [5, 5.41) is 11.8. The average molecular weight is 329 g/mol. The number of carboxylic acid groups (broad SMARTS) is 1. The van der Waals surface area contributed by atoms with Crippen molar-refractivity contribution in [2.24, 2.45) is 0 Å². The number of hydrogen-bond acceptors (Lipinski definition) is 4. The molecule has 0 bridgehead atoms. The number of aromatic nitrogens is 2. The highest BCUT2D eigenvalue weighted by Crippen LogP contribution is 2.37. The van der Waals surface area contributed by atoms with Gasteiger partial charge in [-0.1, -0.05) is 30.3 Å². The van der Waals surface area contributed by atoms with Crippen molar-refractivity contribution < 1.29 is 19.4 Å². The lowest BCUT2D eigenvalue weighted by Crippen LogP contribution is -2.32. The highest BCUT2D eigenvalue weighted by Gasteiger charge is 2.29. The highest BCUT2D eigenvalue weighted by atomic mass is 16.5. The molecule has 1 fully saturated rings. The lowest BCUT2D eigenvalue weighted by atomic mass is 10.1. The van der Waals surface area contributed by atoms with Crippen LogP contribution in [0.2, 0.25) is 0 Å². The Labute approximate surface area is 139 Å². The van der Waals surface area contributed by atoms with Crippen LogP contribution in [0.3, 0.4) is 0 Å². The molecule has 1 aliphatic carbocycles. The van der Waals surface area contributed by atoms with Gasteiger partial charge < -0.3 is 19.7 Å². The van der Waals surface area contributed by atoms with Gasteiger partial charge in [-0.05, 0) is 18.4 Å². The minimum absolute atomic E-state index is 0.133. The summed E-state index contributed by atoms with van der Waals surface area (Å²) in [6.45, 7) is 0.133. The number of imidazole rings is 1. The van der Waals surface area contributed by atoms with Crippen molar-refractivity contribution in [1.82, 2.24) is 14.9 Å². The zero-order valence-electron chi connectivity index (χ0n) is 13.1. The number of nitrogens with zero attached hydrogens (tertiary/aromatic N) is 2. The van der Waals surface area contributed by atoms with Crippen LogP contribution in [0.4, 0.5) is 4.79 Å². The summed E-state index contributed by atoms with van der Waals surface area (Å²) in [6, 6.07) is 8.98. The number of hydrogen-bond donors (Lipinski definition) is 2. The van der Waals surface area contributed by atoms with Gasteiger partial charge in [0, 0.05) is 6.04 Å². The first kappa shape index (κ1) is 16.0. The zero-order chi connectivity index (χ0) is 16.9. The van der Waals surface area contributed by atoms with Gasteiger partial charge in [0.15, 0.2) is 0 Å². The number of amides is 1. The van der Waals surface area contributed by atoms with Crippen LogP contribution in [0.25, 0.3) is 0 Å². The monoisotopic (exact) mass is 329 g/mol. The summed E-state index contributed by atoms with van der Waals surface area (Å²) < 4.78 is 7.12. The molecule has 1 aromatic heterocycles. The van der Waals surface area contributed by atoms with E-state index in [1.165, 1.54) is 0 Å². The molecule has 1 atom stereocenters. The zero-order valence-corrected chi connectivity index (χ0v) is 13.1. The normalized spacial score (nSPS) is 14.8. The maximum Gasteiger partial charge on any atom is 0.408 e. The van der Waals surface area contributed by atoms with Gasteiger partial charge >= 0.3 is 12.1 Å². The van der Waals surface area contributed by atoms with Crippen molar-refractivity contribution in [2.45, 2.75) is 38.0 Å². The molecule has 0 aliphatic heterocycles. The number of alkyl carbamates (subject to hydrolysis) is 1. The van der Waals surface area contributed by atoms with E-state index in [0.717, 1.165) is 18.4 Å². The minimum atomic E-state index is -0.994. The molecule has 1 amide bonds. The first-order valence-corrected chi connectivity index (χ1v) is 7.84. The van der Waals surface area contributed by atoms with Crippen molar-refractivity contribution in [3.8, 4) is 0 Å². The summed E-state index contributed by atoms with van der Waals surface area (Å²) in [6.07, 6.45) is 4.50. The minimum Gasteiger partial charge on any atom is -0.481 e. The van der Waals surface area contributed by atoms with Gasteiger partial charge in [0.25, 0.3) is 0 Å². The maximum absolute atomic E-state index is 12.0. The molecule has 3 rings (SSSR count). The molecular formula is C17H19N3O4. The molecule has 126 valence electrons. The first-order chi connectivity index (χ1) is 11.6.